The Kier molecular flexibility index (Phi) is 5.13. The fraction of sp³-hybridized carbons (Fsp3) is 0.353. The maximum absolute atomic E-state index is 6.32. The number of benzene rings is 1. The lowest BCUT2D eigenvalue weighted by atomic mass is 9.99. The zero-order valence-electron chi connectivity index (χ0n) is 12.1. The van der Waals surface area contributed by atoms with Gasteiger partial charge in [-0.05, 0) is 44.4 Å². The highest BCUT2D eigenvalue weighted by molar-refractivity contribution is 5.36. The molecular weight excluding hydrogens is 248 g/mol. The van der Waals surface area contributed by atoms with Crippen LogP contribution in [0.2, 0.25) is 0 Å². The average Bonchev–Trinajstić information content (AvgIpc) is 2.46. The van der Waals surface area contributed by atoms with Crippen molar-refractivity contribution >= 4 is 0 Å². The summed E-state index contributed by atoms with van der Waals surface area (Å²) in [6, 6.07) is 12.0. The molecule has 0 bridgehead atoms. The first-order valence-electron chi connectivity index (χ1n) is 7.07. The highest BCUT2D eigenvalue weighted by Crippen LogP contribution is 2.27. The molecule has 0 saturated carbocycles. The minimum absolute atomic E-state index is 0.0230. The van der Waals surface area contributed by atoms with Gasteiger partial charge in [-0.3, -0.25) is 4.98 Å². The van der Waals surface area contributed by atoms with Crippen LogP contribution in [0.15, 0.2) is 48.8 Å². The Hall–Kier alpha value is -1.87. The predicted molar refractivity (Wildman–Crippen MR) is 81.7 cm³/mol. The molecule has 2 aromatic rings. The summed E-state index contributed by atoms with van der Waals surface area (Å²) < 4.78 is 5.83. The molecule has 0 spiro atoms. The van der Waals surface area contributed by atoms with Crippen LogP contribution in [-0.2, 0) is 6.42 Å². The lowest BCUT2D eigenvalue weighted by Gasteiger charge is -2.18. The van der Waals surface area contributed by atoms with E-state index < -0.39 is 0 Å². The van der Waals surface area contributed by atoms with Crippen molar-refractivity contribution in [2.45, 2.75) is 38.8 Å². The maximum Gasteiger partial charge on any atom is 0.124 e. The van der Waals surface area contributed by atoms with Crippen molar-refractivity contribution in [3.8, 4) is 5.75 Å². The van der Waals surface area contributed by atoms with Gasteiger partial charge in [-0.1, -0.05) is 24.3 Å². The first-order valence-corrected chi connectivity index (χ1v) is 7.07. The van der Waals surface area contributed by atoms with Gasteiger partial charge in [-0.25, -0.2) is 0 Å². The number of hydrogen-bond donors (Lipinski definition) is 1. The Labute approximate surface area is 120 Å². The molecular formula is C17H22N2O. The first kappa shape index (κ1) is 14.5. The third-order valence-corrected chi connectivity index (χ3v) is 3.15. The van der Waals surface area contributed by atoms with Crippen molar-refractivity contribution in [1.29, 1.82) is 0 Å². The molecule has 0 saturated heterocycles. The zero-order chi connectivity index (χ0) is 14.4. The lowest BCUT2D eigenvalue weighted by Crippen LogP contribution is -2.15. The molecule has 0 fully saturated rings. The summed E-state index contributed by atoms with van der Waals surface area (Å²) >= 11 is 0. The third kappa shape index (κ3) is 4.07. The van der Waals surface area contributed by atoms with Gasteiger partial charge >= 0.3 is 0 Å². The van der Waals surface area contributed by atoms with Gasteiger partial charge in [0, 0.05) is 24.0 Å². The Morgan fingerprint density at radius 3 is 2.65 bits per heavy atom. The number of para-hydroxylation sites is 1. The second kappa shape index (κ2) is 7.06. The van der Waals surface area contributed by atoms with Gasteiger partial charge in [-0.2, -0.15) is 0 Å². The van der Waals surface area contributed by atoms with Crippen molar-refractivity contribution < 1.29 is 4.74 Å². The van der Waals surface area contributed by atoms with E-state index in [2.05, 4.69) is 11.1 Å². The quantitative estimate of drug-likeness (QED) is 0.874. The molecule has 1 aromatic carbocycles. The van der Waals surface area contributed by atoms with E-state index in [-0.39, 0.29) is 12.1 Å². The van der Waals surface area contributed by atoms with E-state index >= 15 is 0 Å². The van der Waals surface area contributed by atoms with E-state index in [1.807, 2.05) is 50.4 Å². The van der Waals surface area contributed by atoms with Crippen LogP contribution >= 0.6 is 0 Å². The largest absolute Gasteiger partial charge is 0.491 e. The first-order chi connectivity index (χ1) is 9.66. The summed E-state index contributed by atoms with van der Waals surface area (Å²) in [5.74, 6) is 0.890. The molecule has 2 rings (SSSR count). The molecule has 0 aliphatic carbocycles. The number of ether oxygens (including phenoxy) is 1. The number of nitrogens with two attached hydrogens (primary N) is 1. The molecule has 1 heterocycles. The molecule has 3 nitrogen and oxygen atoms in total. The van der Waals surface area contributed by atoms with Crippen LogP contribution in [0, 0.1) is 0 Å². The van der Waals surface area contributed by atoms with E-state index in [1.165, 1.54) is 5.56 Å². The van der Waals surface area contributed by atoms with E-state index in [0.29, 0.717) is 0 Å². The third-order valence-electron chi connectivity index (χ3n) is 3.15. The monoisotopic (exact) mass is 270 g/mol. The van der Waals surface area contributed by atoms with Crippen LogP contribution in [0.25, 0.3) is 0 Å². The van der Waals surface area contributed by atoms with E-state index in [9.17, 15) is 0 Å². The normalized spacial score (nSPS) is 12.4. The fourth-order valence-corrected chi connectivity index (χ4v) is 2.17. The molecule has 2 N–H and O–H groups in total. The Bertz CT molecular complexity index is 526. The summed E-state index contributed by atoms with van der Waals surface area (Å²) in [7, 11) is 0. The van der Waals surface area contributed by atoms with Crippen molar-refractivity contribution in [1.82, 2.24) is 4.98 Å². The highest BCUT2D eigenvalue weighted by Gasteiger charge is 2.12. The molecule has 1 unspecified atom stereocenters. The van der Waals surface area contributed by atoms with Crippen LogP contribution < -0.4 is 10.5 Å². The second-order valence-electron chi connectivity index (χ2n) is 5.21. The van der Waals surface area contributed by atoms with Gasteiger partial charge in [0.25, 0.3) is 0 Å². The van der Waals surface area contributed by atoms with Gasteiger partial charge < -0.3 is 10.5 Å². The van der Waals surface area contributed by atoms with Crippen LogP contribution in [0.5, 0.6) is 5.75 Å². The van der Waals surface area contributed by atoms with Crippen molar-refractivity contribution in [2.24, 2.45) is 5.73 Å². The summed E-state index contributed by atoms with van der Waals surface area (Å²) in [6.45, 7) is 4.05. The average molecular weight is 270 g/mol. The number of rotatable bonds is 6. The lowest BCUT2D eigenvalue weighted by molar-refractivity contribution is 0.238. The highest BCUT2D eigenvalue weighted by atomic mass is 16.5. The van der Waals surface area contributed by atoms with Gasteiger partial charge in [0.05, 0.1) is 6.10 Å². The van der Waals surface area contributed by atoms with E-state index in [1.54, 1.807) is 6.20 Å². The number of aromatic nitrogens is 1. The SMILES string of the molecule is CC(C)Oc1ccccc1C(N)CCc1cccnc1. The van der Waals surface area contributed by atoms with E-state index in [0.717, 1.165) is 24.2 Å². The minimum Gasteiger partial charge on any atom is -0.491 e. The topological polar surface area (TPSA) is 48.1 Å². The standard InChI is InChI=1S/C17H22N2O/c1-13(2)20-17-8-4-3-7-15(17)16(18)10-9-14-6-5-11-19-12-14/h3-8,11-13,16H,9-10,18H2,1-2H3. The summed E-state index contributed by atoms with van der Waals surface area (Å²) in [5, 5.41) is 0. The Morgan fingerprint density at radius 1 is 1.15 bits per heavy atom. The van der Waals surface area contributed by atoms with Crippen LogP contribution in [0.4, 0.5) is 0 Å². The van der Waals surface area contributed by atoms with Crippen molar-refractivity contribution in [3.63, 3.8) is 0 Å². The number of hydrogen-bond acceptors (Lipinski definition) is 3. The molecule has 0 radical (unpaired) electrons. The summed E-state index contributed by atoms with van der Waals surface area (Å²) in [5.41, 5.74) is 8.61. The molecule has 0 aliphatic heterocycles. The van der Waals surface area contributed by atoms with Gasteiger partial charge in [0.2, 0.25) is 0 Å². The molecule has 1 atom stereocenters. The second-order valence-corrected chi connectivity index (χ2v) is 5.21. The van der Waals surface area contributed by atoms with E-state index in [4.69, 9.17) is 10.5 Å². The van der Waals surface area contributed by atoms with Crippen LogP contribution in [-0.4, -0.2) is 11.1 Å². The number of pyridine rings is 1. The Morgan fingerprint density at radius 2 is 1.95 bits per heavy atom. The smallest absolute Gasteiger partial charge is 0.124 e. The molecule has 3 heteroatoms. The molecule has 0 aliphatic rings. The fourth-order valence-electron chi connectivity index (χ4n) is 2.17. The maximum atomic E-state index is 6.32. The Balaban J connectivity index is 2.03. The summed E-state index contributed by atoms with van der Waals surface area (Å²) in [6.07, 6.45) is 5.63. The summed E-state index contributed by atoms with van der Waals surface area (Å²) in [4.78, 5) is 4.13. The minimum atomic E-state index is -0.0230. The van der Waals surface area contributed by atoms with Crippen molar-refractivity contribution in [3.05, 3.63) is 59.9 Å². The molecule has 0 amide bonds. The molecule has 106 valence electrons. The van der Waals surface area contributed by atoms with Crippen molar-refractivity contribution in [2.75, 3.05) is 0 Å². The predicted octanol–water partition coefficient (Wildman–Crippen LogP) is 3.50. The number of nitrogens with zero attached hydrogens (tertiary/aromatic N) is 1. The van der Waals surface area contributed by atoms with Crippen LogP contribution in [0.3, 0.4) is 0 Å². The van der Waals surface area contributed by atoms with Gasteiger partial charge in [0.1, 0.15) is 5.75 Å². The van der Waals surface area contributed by atoms with Gasteiger partial charge in [-0.15, -0.1) is 0 Å². The number of aryl methyl sites for hydroxylation is 1. The molecule has 20 heavy (non-hydrogen) atoms. The van der Waals surface area contributed by atoms with Gasteiger partial charge in [0.15, 0.2) is 0 Å². The molecule has 1 aromatic heterocycles. The van der Waals surface area contributed by atoms with Crippen LogP contribution in [0.1, 0.15) is 37.4 Å². The zero-order valence-corrected chi connectivity index (χ0v) is 12.1.